The number of aliphatic hydroxyl groups excluding tert-OH is 1. The Hall–Kier alpha value is -3.71. The van der Waals surface area contributed by atoms with Gasteiger partial charge in [0.1, 0.15) is 11.5 Å². The van der Waals surface area contributed by atoms with Crippen molar-refractivity contribution in [2.75, 3.05) is 33.3 Å². The lowest BCUT2D eigenvalue weighted by Gasteiger charge is -2.28. The second-order valence-electron chi connectivity index (χ2n) is 8.23. The summed E-state index contributed by atoms with van der Waals surface area (Å²) in [7, 11) is 1.61. The first-order chi connectivity index (χ1) is 16.5. The number of carbonyl (C=O) groups is 2. The summed E-state index contributed by atoms with van der Waals surface area (Å²) in [5.41, 5.74) is 1.26. The van der Waals surface area contributed by atoms with Crippen LogP contribution in [0.15, 0.2) is 66.5 Å². The predicted octanol–water partition coefficient (Wildman–Crippen LogP) is 4.01. The van der Waals surface area contributed by atoms with Crippen LogP contribution in [0.3, 0.4) is 0 Å². The van der Waals surface area contributed by atoms with Crippen molar-refractivity contribution in [1.29, 1.82) is 0 Å². The molecule has 1 aromatic heterocycles. The van der Waals surface area contributed by atoms with E-state index in [1.54, 1.807) is 36.5 Å². The maximum Gasteiger partial charge on any atom is 0.295 e. The number of amides is 1. The molecule has 1 saturated heterocycles. The second-order valence-corrected chi connectivity index (χ2v) is 8.23. The molecule has 7 nitrogen and oxygen atoms in total. The Morgan fingerprint density at radius 3 is 2.50 bits per heavy atom. The van der Waals surface area contributed by atoms with Crippen molar-refractivity contribution in [2.45, 2.75) is 19.9 Å². The molecule has 2 aromatic carbocycles. The van der Waals surface area contributed by atoms with Crippen LogP contribution in [0.4, 0.5) is 0 Å². The highest BCUT2D eigenvalue weighted by Crippen LogP contribution is 2.39. The Kier molecular flexibility index (Phi) is 6.93. The number of ketones is 1. The van der Waals surface area contributed by atoms with E-state index in [1.807, 2.05) is 36.4 Å². The van der Waals surface area contributed by atoms with Gasteiger partial charge in [0.05, 0.1) is 18.7 Å². The number of fused-ring (bicyclic) bond motifs is 1. The number of aliphatic hydroxyl groups is 1. The van der Waals surface area contributed by atoms with Gasteiger partial charge >= 0.3 is 0 Å². The largest absolute Gasteiger partial charge is 0.507 e. The minimum absolute atomic E-state index is 0.0883. The fourth-order valence-electron chi connectivity index (χ4n) is 4.44. The van der Waals surface area contributed by atoms with Gasteiger partial charge in [-0.2, -0.15) is 0 Å². The molecule has 1 atom stereocenters. The molecule has 0 bridgehead atoms. The van der Waals surface area contributed by atoms with E-state index in [0.717, 1.165) is 29.6 Å². The summed E-state index contributed by atoms with van der Waals surface area (Å²) in [6.07, 6.45) is 3.28. The number of carbonyl (C=O) groups excluding carboxylic acids is 2. The van der Waals surface area contributed by atoms with Crippen LogP contribution in [0.25, 0.3) is 16.5 Å². The van der Waals surface area contributed by atoms with Crippen molar-refractivity contribution < 1.29 is 19.4 Å². The first kappa shape index (κ1) is 23.4. The predicted molar refractivity (Wildman–Crippen MR) is 132 cm³/mol. The Balaban J connectivity index is 1.79. The summed E-state index contributed by atoms with van der Waals surface area (Å²) >= 11 is 0. The van der Waals surface area contributed by atoms with Gasteiger partial charge < -0.3 is 19.6 Å². The van der Waals surface area contributed by atoms with Crippen LogP contribution in [0.2, 0.25) is 0 Å². The number of hydrogen-bond donors (Lipinski definition) is 1. The van der Waals surface area contributed by atoms with Gasteiger partial charge in [0.2, 0.25) is 0 Å². The number of aromatic nitrogens is 1. The third-order valence-corrected chi connectivity index (χ3v) is 6.41. The molecule has 176 valence electrons. The number of likely N-dealkylation sites (tertiary alicyclic amines) is 1. The van der Waals surface area contributed by atoms with E-state index < -0.39 is 17.7 Å². The molecular weight excluding hydrogens is 430 g/mol. The highest BCUT2D eigenvalue weighted by molar-refractivity contribution is 6.46. The van der Waals surface area contributed by atoms with E-state index in [-0.39, 0.29) is 11.3 Å². The molecule has 1 amide bonds. The zero-order valence-electron chi connectivity index (χ0n) is 19.7. The number of Topliss-reactive ketones (excluding diaryl/α,β-unsaturated/α-hetero) is 1. The third-order valence-electron chi connectivity index (χ3n) is 6.41. The molecule has 1 aliphatic heterocycles. The van der Waals surface area contributed by atoms with Crippen molar-refractivity contribution >= 4 is 28.2 Å². The molecule has 7 heteroatoms. The first-order valence-electron chi connectivity index (χ1n) is 11.5. The van der Waals surface area contributed by atoms with Crippen LogP contribution < -0.4 is 4.74 Å². The molecule has 0 saturated carbocycles. The number of rotatable bonds is 8. The minimum Gasteiger partial charge on any atom is -0.507 e. The van der Waals surface area contributed by atoms with Crippen LogP contribution >= 0.6 is 0 Å². The number of methoxy groups -OCH3 is 1. The molecule has 3 aromatic rings. The Bertz CT molecular complexity index is 1240. The highest BCUT2D eigenvalue weighted by Gasteiger charge is 2.46. The summed E-state index contributed by atoms with van der Waals surface area (Å²) in [6, 6.07) is 14.0. The van der Waals surface area contributed by atoms with Crippen LogP contribution in [-0.4, -0.2) is 64.9 Å². The zero-order valence-corrected chi connectivity index (χ0v) is 19.7. The van der Waals surface area contributed by atoms with Crippen molar-refractivity contribution in [3.05, 3.63) is 77.6 Å². The van der Waals surface area contributed by atoms with Gasteiger partial charge in [-0.1, -0.05) is 38.1 Å². The summed E-state index contributed by atoms with van der Waals surface area (Å²) in [5.74, 6) is -0.732. The maximum absolute atomic E-state index is 13.2. The zero-order chi connectivity index (χ0) is 24.2. The number of pyridine rings is 1. The van der Waals surface area contributed by atoms with Crippen molar-refractivity contribution in [1.82, 2.24) is 14.8 Å². The lowest BCUT2D eigenvalue weighted by molar-refractivity contribution is -0.140. The molecule has 2 heterocycles. The average Bonchev–Trinajstić information content (AvgIpc) is 3.13. The Morgan fingerprint density at radius 2 is 1.82 bits per heavy atom. The van der Waals surface area contributed by atoms with E-state index in [4.69, 9.17) is 4.74 Å². The van der Waals surface area contributed by atoms with Gasteiger partial charge in [-0.15, -0.1) is 0 Å². The smallest absolute Gasteiger partial charge is 0.295 e. The summed E-state index contributed by atoms with van der Waals surface area (Å²) in [5, 5.41) is 13.1. The summed E-state index contributed by atoms with van der Waals surface area (Å²) < 4.78 is 5.28. The topological polar surface area (TPSA) is 83.0 Å². The van der Waals surface area contributed by atoms with E-state index >= 15 is 0 Å². The lowest BCUT2D eigenvalue weighted by atomic mass is 9.95. The van der Waals surface area contributed by atoms with Crippen molar-refractivity contribution in [3.63, 3.8) is 0 Å². The molecule has 4 rings (SSSR count). The van der Waals surface area contributed by atoms with Gasteiger partial charge in [-0.3, -0.25) is 14.6 Å². The van der Waals surface area contributed by atoms with E-state index in [0.29, 0.717) is 24.2 Å². The first-order valence-corrected chi connectivity index (χ1v) is 11.5. The molecule has 34 heavy (non-hydrogen) atoms. The average molecular weight is 460 g/mol. The lowest BCUT2D eigenvalue weighted by Crippen LogP contribution is -2.38. The van der Waals surface area contributed by atoms with Crippen LogP contribution in [-0.2, 0) is 9.59 Å². The molecule has 1 aliphatic rings. The molecule has 0 radical (unpaired) electrons. The van der Waals surface area contributed by atoms with Crippen LogP contribution in [0.5, 0.6) is 5.75 Å². The van der Waals surface area contributed by atoms with Gasteiger partial charge in [0.25, 0.3) is 11.7 Å². The van der Waals surface area contributed by atoms with E-state index in [2.05, 4.69) is 23.7 Å². The maximum atomic E-state index is 13.2. The van der Waals surface area contributed by atoms with Gasteiger partial charge in [0.15, 0.2) is 0 Å². The number of hydrogen-bond acceptors (Lipinski definition) is 6. The summed E-state index contributed by atoms with van der Waals surface area (Å²) in [4.78, 5) is 34.2. The van der Waals surface area contributed by atoms with Gasteiger partial charge in [-0.05, 0) is 53.7 Å². The Labute approximate surface area is 199 Å². The van der Waals surface area contributed by atoms with Crippen LogP contribution in [0, 0.1) is 0 Å². The second kappa shape index (κ2) is 10.1. The number of benzene rings is 2. The number of likely N-dealkylation sites (N-methyl/N-ethyl adjacent to an activating group) is 1. The van der Waals surface area contributed by atoms with Gasteiger partial charge in [-0.25, -0.2) is 0 Å². The van der Waals surface area contributed by atoms with Crippen molar-refractivity contribution in [3.8, 4) is 5.75 Å². The molecule has 1 unspecified atom stereocenters. The SMILES string of the molecule is CCN(CC)CCN1C(=O)C(=O)/C(=C(/O)c2ccc3cc(OC)ccc3c2)C1c1cccnc1. The van der Waals surface area contributed by atoms with E-state index in [9.17, 15) is 14.7 Å². The number of nitrogens with zero attached hydrogens (tertiary/aromatic N) is 3. The fourth-order valence-corrected chi connectivity index (χ4v) is 4.44. The fraction of sp³-hybridized carbons (Fsp3) is 0.296. The van der Waals surface area contributed by atoms with Crippen LogP contribution in [0.1, 0.15) is 31.0 Å². The molecule has 1 N–H and O–H groups in total. The molecule has 0 spiro atoms. The normalized spacial score (nSPS) is 17.6. The van der Waals surface area contributed by atoms with Gasteiger partial charge in [0, 0.05) is 31.0 Å². The van der Waals surface area contributed by atoms with Crippen molar-refractivity contribution in [2.24, 2.45) is 0 Å². The molecule has 0 aliphatic carbocycles. The molecular formula is C27H29N3O4. The van der Waals surface area contributed by atoms with E-state index in [1.165, 1.54) is 0 Å². The number of ether oxygens (including phenoxy) is 1. The quantitative estimate of drug-likeness (QED) is 0.311. The molecule has 1 fully saturated rings. The minimum atomic E-state index is -0.698. The standard InChI is InChI=1S/C27H29N3O4/c1-4-29(5-2)13-14-30-24(21-7-6-12-28-17-21)23(26(32)27(30)33)25(31)20-9-8-19-16-22(34-3)11-10-18(19)15-20/h6-12,15-17,24,31H,4-5,13-14H2,1-3H3/b25-23+. The summed E-state index contributed by atoms with van der Waals surface area (Å²) in [6.45, 7) is 6.82. The Morgan fingerprint density at radius 1 is 1.09 bits per heavy atom. The third kappa shape index (κ3) is 4.39. The highest BCUT2D eigenvalue weighted by atomic mass is 16.5. The monoisotopic (exact) mass is 459 g/mol.